The van der Waals surface area contributed by atoms with Crippen LogP contribution >= 0.6 is 23.1 Å². The Labute approximate surface area is 235 Å². The summed E-state index contributed by atoms with van der Waals surface area (Å²) in [5.74, 6) is -1.13. The molecule has 1 unspecified atom stereocenters. The molecule has 0 aliphatic carbocycles. The fourth-order valence-electron chi connectivity index (χ4n) is 4.08. The Morgan fingerprint density at radius 2 is 1.85 bits per heavy atom. The lowest BCUT2D eigenvalue weighted by atomic mass is 9.93. The lowest BCUT2D eigenvalue weighted by Crippen LogP contribution is -2.41. The number of hydrogen-bond donors (Lipinski definition) is 2. The van der Waals surface area contributed by atoms with Crippen molar-refractivity contribution in [2.75, 3.05) is 12.0 Å². The number of halogens is 1. The molecule has 1 heterocycles. The van der Waals surface area contributed by atoms with Crippen LogP contribution in [-0.2, 0) is 22.7 Å². The lowest BCUT2D eigenvalue weighted by molar-refractivity contribution is -0.139. The number of thioether (sulfide) groups is 1. The number of aromatic nitrogens is 1. The van der Waals surface area contributed by atoms with E-state index in [0.717, 1.165) is 37.7 Å². The monoisotopic (exact) mass is 564 g/mol. The van der Waals surface area contributed by atoms with Gasteiger partial charge >= 0.3 is 5.97 Å². The van der Waals surface area contributed by atoms with Crippen LogP contribution < -0.4 is 5.32 Å². The predicted octanol–water partition coefficient (Wildman–Crippen LogP) is 6.58. The number of benzene rings is 3. The van der Waals surface area contributed by atoms with Gasteiger partial charge in [-0.25, -0.2) is 14.2 Å². The minimum Gasteiger partial charge on any atom is -0.480 e. The third kappa shape index (κ3) is 7.53. The van der Waals surface area contributed by atoms with Gasteiger partial charge < -0.3 is 15.2 Å². The van der Waals surface area contributed by atoms with Crippen LogP contribution in [0.5, 0.6) is 0 Å². The average molecular weight is 565 g/mol. The van der Waals surface area contributed by atoms with Crippen molar-refractivity contribution in [2.45, 2.75) is 32.6 Å². The van der Waals surface area contributed by atoms with Gasteiger partial charge in [0.05, 0.1) is 18.1 Å². The quantitative estimate of drug-likeness (QED) is 0.202. The molecule has 4 rings (SSSR count). The fraction of sp³-hybridized carbons (Fsp3) is 0.233. The van der Waals surface area contributed by atoms with Crippen LogP contribution in [0.1, 0.15) is 32.8 Å². The largest absolute Gasteiger partial charge is 0.480 e. The number of carbonyl (C=O) groups excluding carboxylic acids is 1. The molecule has 0 aliphatic heterocycles. The summed E-state index contributed by atoms with van der Waals surface area (Å²) in [5, 5.41) is 13.1. The van der Waals surface area contributed by atoms with E-state index in [4.69, 9.17) is 4.74 Å². The topological polar surface area (TPSA) is 88.5 Å². The number of thiazole rings is 1. The van der Waals surface area contributed by atoms with Crippen molar-refractivity contribution in [1.29, 1.82) is 0 Å². The van der Waals surface area contributed by atoms with Crippen LogP contribution in [0.2, 0.25) is 0 Å². The molecule has 0 fully saturated rings. The highest BCUT2D eigenvalue weighted by Gasteiger charge is 2.22. The summed E-state index contributed by atoms with van der Waals surface area (Å²) in [5.41, 5.74) is 4.76. The Morgan fingerprint density at radius 1 is 1.08 bits per heavy atom. The summed E-state index contributed by atoms with van der Waals surface area (Å²) in [6, 6.07) is 18.5. The minimum absolute atomic E-state index is 0.287. The van der Waals surface area contributed by atoms with E-state index < -0.39 is 17.9 Å². The highest BCUT2D eigenvalue weighted by molar-refractivity contribution is 7.98. The Morgan fingerprint density at radius 3 is 2.56 bits per heavy atom. The molecule has 0 saturated carbocycles. The van der Waals surface area contributed by atoms with E-state index >= 15 is 0 Å². The van der Waals surface area contributed by atoms with Gasteiger partial charge in [0.25, 0.3) is 5.91 Å². The molecule has 2 N–H and O–H groups in total. The molecule has 1 atom stereocenters. The predicted molar refractivity (Wildman–Crippen MR) is 155 cm³/mol. The number of carbonyl (C=O) groups is 2. The maximum Gasteiger partial charge on any atom is 0.326 e. The average Bonchev–Trinajstić information content (AvgIpc) is 3.40. The van der Waals surface area contributed by atoms with Crippen LogP contribution in [0.25, 0.3) is 21.7 Å². The smallest absolute Gasteiger partial charge is 0.326 e. The molecular weight excluding hydrogens is 535 g/mol. The van der Waals surface area contributed by atoms with Crippen LogP contribution in [-0.4, -0.2) is 40.0 Å². The standard InChI is InChI=1S/C30H29FN2O4S2/c1-19-5-3-4-6-24(19)26-15-20(7-12-25(26)28(34)33-27(30(35)36)13-14-38-2)17-37-18-23-16-32-29(39-23)21-8-10-22(31)11-9-21/h3-12,15-16,27H,13-14,17-18H2,1-2H3,(H,33,34)(H,35,36). The third-order valence-electron chi connectivity index (χ3n) is 6.14. The molecule has 0 radical (unpaired) electrons. The summed E-state index contributed by atoms with van der Waals surface area (Å²) in [6.45, 7) is 2.65. The van der Waals surface area contributed by atoms with Gasteiger partial charge in [-0.1, -0.05) is 30.3 Å². The summed E-state index contributed by atoms with van der Waals surface area (Å²) in [7, 11) is 0. The van der Waals surface area contributed by atoms with Crippen LogP contribution in [0.15, 0.2) is 72.9 Å². The zero-order chi connectivity index (χ0) is 27.8. The molecule has 0 aliphatic rings. The Balaban J connectivity index is 1.50. The highest BCUT2D eigenvalue weighted by atomic mass is 32.2. The second kappa shape index (κ2) is 13.5. The van der Waals surface area contributed by atoms with Gasteiger partial charge in [-0.15, -0.1) is 11.3 Å². The molecule has 6 nitrogen and oxygen atoms in total. The number of carboxylic acid groups (broad SMARTS) is 1. The minimum atomic E-state index is -1.05. The van der Waals surface area contributed by atoms with Crippen molar-refractivity contribution in [1.82, 2.24) is 10.3 Å². The first-order valence-corrected chi connectivity index (χ1v) is 14.6. The number of aryl methyl sites for hydroxylation is 1. The highest BCUT2D eigenvalue weighted by Crippen LogP contribution is 2.29. The number of rotatable bonds is 12. The summed E-state index contributed by atoms with van der Waals surface area (Å²) >= 11 is 3.02. The van der Waals surface area contributed by atoms with Gasteiger partial charge in [0.2, 0.25) is 0 Å². The molecule has 0 bridgehead atoms. The van der Waals surface area contributed by atoms with Crippen LogP contribution in [0.3, 0.4) is 0 Å². The van der Waals surface area contributed by atoms with E-state index in [0.29, 0.717) is 31.0 Å². The molecule has 1 amide bonds. The van der Waals surface area contributed by atoms with E-state index in [2.05, 4.69) is 10.3 Å². The molecule has 202 valence electrons. The SMILES string of the molecule is CSCCC(NC(=O)c1ccc(COCc2cnc(-c3ccc(F)cc3)s2)cc1-c1ccccc1C)C(=O)O. The molecule has 3 aromatic carbocycles. The number of carboxylic acids is 1. The van der Waals surface area contributed by atoms with Gasteiger partial charge in [0.1, 0.15) is 16.9 Å². The van der Waals surface area contributed by atoms with Crippen molar-refractivity contribution in [3.05, 3.63) is 100 Å². The normalized spacial score (nSPS) is 11.8. The fourth-order valence-corrected chi connectivity index (χ4v) is 5.40. The van der Waals surface area contributed by atoms with Crippen LogP contribution in [0, 0.1) is 12.7 Å². The number of aliphatic carboxylic acids is 1. The first-order chi connectivity index (χ1) is 18.9. The molecular formula is C30H29FN2O4S2. The molecule has 1 aromatic heterocycles. The van der Waals surface area contributed by atoms with Gasteiger partial charge in [0, 0.05) is 17.3 Å². The zero-order valence-electron chi connectivity index (χ0n) is 21.6. The first kappa shape index (κ1) is 28.5. The molecule has 4 aromatic rings. The Bertz CT molecular complexity index is 1440. The molecule has 0 saturated heterocycles. The number of nitrogens with zero attached hydrogens (tertiary/aromatic N) is 1. The van der Waals surface area contributed by atoms with E-state index in [1.807, 2.05) is 49.6 Å². The van der Waals surface area contributed by atoms with Gasteiger partial charge in [0.15, 0.2) is 0 Å². The zero-order valence-corrected chi connectivity index (χ0v) is 23.3. The third-order valence-corrected chi connectivity index (χ3v) is 7.80. The summed E-state index contributed by atoms with van der Waals surface area (Å²) in [4.78, 5) is 30.3. The Kier molecular flexibility index (Phi) is 9.86. The van der Waals surface area contributed by atoms with Gasteiger partial charge in [-0.05, 0) is 84.0 Å². The van der Waals surface area contributed by atoms with Gasteiger partial charge in [-0.2, -0.15) is 11.8 Å². The van der Waals surface area contributed by atoms with E-state index in [1.165, 1.54) is 35.2 Å². The second-order valence-electron chi connectivity index (χ2n) is 8.97. The van der Waals surface area contributed by atoms with E-state index in [-0.39, 0.29) is 5.82 Å². The number of hydrogen-bond acceptors (Lipinski definition) is 6. The summed E-state index contributed by atoms with van der Waals surface area (Å²) in [6.07, 6.45) is 4.00. The van der Waals surface area contributed by atoms with Gasteiger partial charge in [-0.3, -0.25) is 4.79 Å². The van der Waals surface area contributed by atoms with Crippen molar-refractivity contribution >= 4 is 35.0 Å². The molecule has 39 heavy (non-hydrogen) atoms. The Hall–Kier alpha value is -3.53. The van der Waals surface area contributed by atoms with Crippen molar-refractivity contribution in [3.8, 4) is 21.7 Å². The first-order valence-electron chi connectivity index (χ1n) is 12.4. The number of amides is 1. The maximum atomic E-state index is 13.2. The van der Waals surface area contributed by atoms with E-state index in [9.17, 15) is 19.1 Å². The van der Waals surface area contributed by atoms with Crippen molar-refractivity contribution in [3.63, 3.8) is 0 Å². The molecule has 0 spiro atoms. The number of nitrogens with one attached hydrogen (secondary N) is 1. The van der Waals surface area contributed by atoms with Crippen molar-refractivity contribution < 1.29 is 23.8 Å². The second-order valence-corrected chi connectivity index (χ2v) is 11.1. The molecule has 9 heteroatoms. The number of ether oxygens (including phenoxy) is 1. The summed E-state index contributed by atoms with van der Waals surface area (Å²) < 4.78 is 19.2. The van der Waals surface area contributed by atoms with Crippen LogP contribution in [0.4, 0.5) is 4.39 Å². The lowest BCUT2D eigenvalue weighted by Gasteiger charge is -2.17. The van der Waals surface area contributed by atoms with Crippen molar-refractivity contribution in [2.24, 2.45) is 0 Å². The maximum absolute atomic E-state index is 13.2. The van der Waals surface area contributed by atoms with E-state index in [1.54, 1.807) is 24.4 Å².